The highest BCUT2D eigenvalue weighted by molar-refractivity contribution is 7.92. The van der Waals surface area contributed by atoms with Gasteiger partial charge < -0.3 is 10.2 Å². The van der Waals surface area contributed by atoms with Crippen LogP contribution in [0.15, 0.2) is 77.7 Å². The number of nitrogens with one attached hydrogen (secondary N) is 1. The predicted octanol–water partition coefficient (Wildman–Crippen LogP) is 6.12. The lowest BCUT2D eigenvalue weighted by molar-refractivity contribution is 0.0699. The fraction of sp³-hybridized carbons (Fsp3) is 0.367. The van der Waals surface area contributed by atoms with Crippen LogP contribution in [-0.4, -0.2) is 44.4 Å². The van der Waals surface area contributed by atoms with Gasteiger partial charge in [-0.2, -0.15) is 0 Å². The Morgan fingerprint density at radius 2 is 1.49 bits per heavy atom. The van der Waals surface area contributed by atoms with Gasteiger partial charge in [0.15, 0.2) is 9.84 Å². The second-order valence-electron chi connectivity index (χ2n) is 10.4. The third-order valence-corrected chi connectivity index (χ3v) is 10.9. The summed E-state index contributed by atoms with van der Waals surface area (Å²) in [6.07, 6.45) is 2.88. The van der Waals surface area contributed by atoms with E-state index in [0.717, 1.165) is 31.0 Å². The van der Waals surface area contributed by atoms with Gasteiger partial charge in [-0.05, 0) is 93.1 Å². The summed E-state index contributed by atoms with van der Waals surface area (Å²) in [7, 11) is -4.07. The van der Waals surface area contributed by atoms with Crippen molar-refractivity contribution in [3.8, 4) is 0 Å². The Labute approximate surface area is 233 Å². The summed E-state index contributed by atoms with van der Waals surface area (Å²) in [5.74, 6) is -1.37. The van der Waals surface area contributed by atoms with Crippen molar-refractivity contribution in [2.45, 2.75) is 60.3 Å². The molecule has 39 heavy (non-hydrogen) atoms. The van der Waals surface area contributed by atoms with Gasteiger partial charge in [0.2, 0.25) is 0 Å². The second kappa shape index (κ2) is 11.4. The molecule has 1 saturated carbocycles. The van der Waals surface area contributed by atoms with Crippen LogP contribution in [0.2, 0.25) is 5.02 Å². The largest absolute Gasteiger partial charge is 0.339 e. The predicted molar refractivity (Wildman–Crippen MR) is 147 cm³/mol. The molecular weight excluding hydrogens is 542 g/mol. The standard InChI is InChI=1S/C30H31ClF2N2O3S/c31-22-6-9-26(10-7-22)39(37,38)30(27-20-23(32)8-11-28(27)33)16-12-24(13-17-30)34-25-14-18-35(19-15-25)29(36)21-4-2-1-3-5-21/h1-11,20,24-25,34H,12-19H2. The van der Waals surface area contributed by atoms with Crippen LogP contribution in [0.1, 0.15) is 54.4 Å². The summed E-state index contributed by atoms with van der Waals surface area (Å²) in [4.78, 5) is 14.7. The number of benzene rings is 3. The fourth-order valence-electron chi connectivity index (χ4n) is 5.97. The lowest BCUT2D eigenvalue weighted by atomic mass is 9.80. The Balaban J connectivity index is 1.30. The third-order valence-electron chi connectivity index (χ3n) is 8.13. The lowest BCUT2D eigenvalue weighted by Gasteiger charge is -2.42. The topological polar surface area (TPSA) is 66.5 Å². The quantitative estimate of drug-likeness (QED) is 0.386. The molecule has 1 saturated heterocycles. The maximum Gasteiger partial charge on any atom is 0.253 e. The van der Waals surface area contributed by atoms with Crippen molar-refractivity contribution in [3.05, 3.63) is 101 Å². The van der Waals surface area contributed by atoms with Crippen LogP contribution < -0.4 is 5.32 Å². The highest BCUT2D eigenvalue weighted by atomic mass is 35.5. The number of amides is 1. The van der Waals surface area contributed by atoms with E-state index in [1.54, 1.807) is 0 Å². The third kappa shape index (κ3) is 5.60. The average molecular weight is 573 g/mol. The summed E-state index contributed by atoms with van der Waals surface area (Å²) in [6, 6.07) is 18.3. The number of hydrogen-bond donors (Lipinski definition) is 1. The minimum absolute atomic E-state index is 0.0287. The molecule has 0 bridgehead atoms. The van der Waals surface area contributed by atoms with Gasteiger partial charge in [0.25, 0.3) is 5.91 Å². The van der Waals surface area contributed by atoms with Gasteiger partial charge in [0, 0.05) is 41.3 Å². The maximum absolute atomic E-state index is 15.1. The van der Waals surface area contributed by atoms with Gasteiger partial charge in [-0.3, -0.25) is 4.79 Å². The van der Waals surface area contributed by atoms with Crippen LogP contribution >= 0.6 is 11.6 Å². The molecule has 206 valence electrons. The van der Waals surface area contributed by atoms with Gasteiger partial charge in [0.05, 0.1) is 4.90 Å². The zero-order valence-electron chi connectivity index (χ0n) is 21.5. The van der Waals surface area contributed by atoms with Gasteiger partial charge >= 0.3 is 0 Å². The first-order valence-electron chi connectivity index (χ1n) is 13.3. The number of nitrogens with zero attached hydrogens (tertiary/aromatic N) is 1. The summed E-state index contributed by atoms with van der Waals surface area (Å²) >= 11 is 5.98. The normalized spacial score (nSPS) is 22.5. The molecule has 0 radical (unpaired) electrons. The van der Waals surface area contributed by atoms with Crippen molar-refractivity contribution in [3.63, 3.8) is 0 Å². The van der Waals surface area contributed by atoms with E-state index in [0.29, 0.717) is 36.5 Å². The minimum Gasteiger partial charge on any atom is -0.339 e. The summed E-state index contributed by atoms with van der Waals surface area (Å²) in [5.41, 5.74) is 0.558. The minimum atomic E-state index is -4.07. The molecule has 1 heterocycles. The van der Waals surface area contributed by atoms with Crippen molar-refractivity contribution in [2.24, 2.45) is 0 Å². The number of rotatable bonds is 6. The van der Waals surface area contributed by atoms with Crippen LogP contribution in [-0.2, 0) is 14.6 Å². The molecule has 5 rings (SSSR count). The highest BCUT2D eigenvalue weighted by Crippen LogP contribution is 2.48. The Morgan fingerprint density at radius 1 is 0.872 bits per heavy atom. The van der Waals surface area contributed by atoms with E-state index >= 15 is 4.39 Å². The number of carbonyl (C=O) groups is 1. The Bertz CT molecular complexity index is 1420. The van der Waals surface area contributed by atoms with E-state index < -0.39 is 26.2 Å². The molecule has 0 unspecified atom stereocenters. The van der Waals surface area contributed by atoms with Crippen molar-refractivity contribution in [2.75, 3.05) is 13.1 Å². The molecule has 1 aliphatic heterocycles. The number of halogens is 3. The lowest BCUT2D eigenvalue weighted by Crippen LogP contribution is -2.50. The number of sulfone groups is 1. The first-order valence-corrected chi connectivity index (χ1v) is 15.1. The summed E-state index contributed by atoms with van der Waals surface area (Å²) in [6.45, 7) is 1.28. The van der Waals surface area contributed by atoms with Crippen LogP contribution in [0.3, 0.4) is 0 Å². The van der Waals surface area contributed by atoms with E-state index in [1.165, 1.54) is 24.3 Å². The van der Waals surface area contributed by atoms with Crippen molar-refractivity contribution < 1.29 is 22.0 Å². The maximum atomic E-state index is 15.1. The van der Waals surface area contributed by atoms with Gasteiger partial charge in [-0.1, -0.05) is 29.8 Å². The van der Waals surface area contributed by atoms with Crippen LogP contribution in [0.25, 0.3) is 0 Å². The highest BCUT2D eigenvalue weighted by Gasteiger charge is 2.50. The molecule has 2 fully saturated rings. The van der Waals surface area contributed by atoms with Crippen LogP contribution in [0.5, 0.6) is 0 Å². The summed E-state index contributed by atoms with van der Waals surface area (Å²) < 4.78 is 55.8. The molecule has 5 nitrogen and oxygen atoms in total. The molecule has 3 aromatic rings. The molecule has 1 N–H and O–H groups in total. The van der Waals surface area contributed by atoms with E-state index in [2.05, 4.69) is 5.32 Å². The molecular formula is C30H31ClF2N2O3S. The molecule has 0 spiro atoms. The number of likely N-dealkylation sites (tertiary alicyclic amines) is 1. The first kappa shape index (κ1) is 27.7. The first-order chi connectivity index (χ1) is 18.7. The molecule has 3 aromatic carbocycles. The molecule has 0 atom stereocenters. The summed E-state index contributed by atoms with van der Waals surface area (Å²) in [5, 5.41) is 4.05. The van der Waals surface area contributed by atoms with Gasteiger partial charge in [-0.25, -0.2) is 17.2 Å². The van der Waals surface area contributed by atoms with E-state index in [-0.39, 0.29) is 41.3 Å². The van der Waals surface area contributed by atoms with Gasteiger partial charge in [0.1, 0.15) is 16.4 Å². The van der Waals surface area contributed by atoms with Crippen LogP contribution in [0, 0.1) is 11.6 Å². The zero-order valence-corrected chi connectivity index (χ0v) is 23.0. The van der Waals surface area contributed by atoms with Crippen molar-refractivity contribution in [1.82, 2.24) is 10.2 Å². The number of piperidine rings is 1. The Hall–Kier alpha value is -2.81. The van der Waals surface area contributed by atoms with E-state index in [9.17, 15) is 17.6 Å². The molecule has 9 heteroatoms. The average Bonchev–Trinajstić information content (AvgIpc) is 2.95. The molecule has 2 aliphatic rings. The SMILES string of the molecule is O=C(c1ccccc1)N1CCC(NC2CCC(c3cc(F)ccc3F)(S(=O)(=O)c3ccc(Cl)cc3)CC2)CC1. The second-order valence-corrected chi connectivity index (χ2v) is 13.1. The Kier molecular flexibility index (Phi) is 8.08. The van der Waals surface area contributed by atoms with Crippen molar-refractivity contribution >= 4 is 27.3 Å². The smallest absolute Gasteiger partial charge is 0.253 e. The molecule has 1 amide bonds. The number of hydrogen-bond acceptors (Lipinski definition) is 4. The van der Waals surface area contributed by atoms with E-state index in [4.69, 9.17) is 11.6 Å². The fourth-order valence-corrected chi connectivity index (χ4v) is 8.26. The van der Waals surface area contributed by atoms with E-state index in [1.807, 2.05) is 35.2 Å². The van der Waals surface area contributed by atoms with Crippen molar-refractivity contribution in [1.29, 1.82) is 0 Å². The zero-order chi connectivity index (χ0) is 27.6. The molecule has 1 aliphatic carbocycles. The Morgan fingerprint density at radius 3 is 2.13 bits per heavy atom. The monoisotopic (exact) mass is 572 g/mol. The molecule has 0 aromatic heterocycles. The van der Waals surface area contributed by atoms with Gasteiger partial charge in [-0.15, -0.1) is 0 Å². The van der Waals surface area contributed by atoms with Crippen LogP contribution in [0.4, 0.5) is 8.78 Å². The number of carbonyl (C=O) groups excluding carboxylic acids is 1.